The van der Waals surface area contributed by atoms with E-state index in [9.17, 15) is 4.79 Å². The van der Waals surface area contributed by atoms with Crippen LogP contribution in [-0.2, 0) is 14.9 Å². The van der Waals surface area contributed by atoms with Crippen LogP contribution in [-0.4, -0.2) is 17.6 Å². The van der Waals surface area contributed by atoms with Gasteiger partial charge in [-0.3, -0.25) is 4.79 Å². The van der Waals surface area contributed by atoms with Gasteiger partial charge in [0.1, 0.15) is 0 Å². The van der Waals surface area contributed by atoms with Crippen LogP contribution in [0.5, 0.6) is 0 Å². The molecule has 4 nitrogen and oxygen atoms in total. The molecule has 1 atom stereocenters. The Morgan fingerprint density at radius 2 is 2.24 bits per heavy atom. The van der Waals surface area contributed by atoms with Crippen LogP contribution in [0.4, 0.5) is 0 Å². The van der Waals surface area contributed by atoms with E-state index < -0.39 is 0 Å². The zero-order valence-corrected chi connectivity index (χ0v) is 11.6. The van der Waals surface area contributed by atoms with Crippen LogP contribution < -0.4 is 5.73 Å². The summed E-state index contributed by atoms with van der Waals surface area (Å²) in [6.45, 7) is 8.48. The lowest BCUT2D eigenvalue weighted by Crippen LogP contribution is -2.18. The zero-order chi connectivity index (χ0) is 13.1. The Morgan fingerprint density at radius 3 is 2.71 bits per heavy atom. The molecule has 2 N–H and O–H groups in total. The third kappa shape index (κ3) is 4.09. The van der Waals surface area contributed by atoms with Gasteiger partial charge in [0.15, 0.2) is 0 Å². The van der Waals surface area contributed by atoms with Gasteiger partial charge in [-0.25, -0.2) is 4.98 Å². The fraction of sp³-hybridized carbons (Fsp3) is 0.667. The van der Waals surface area contributed by atoms with Gasteiger partial charge in [0.25, 0.3) is 0 Å². The first-order chi connectivity index (χ1) is 7.84. The topological polar surface area (TPSA) is 65.2 Å². The van der Waals surface area contributed by atoms with Crippen molar-refractivity contribution in [2.24, 2.45) is 5.73 Å². The first-order valence-corrected chi connectivity index (χ1v) is 6.59. The van der Waals surface area contributed by atoms with Crippen molar-refractivity contribution in [3.63, 3.8) is 0 Å². The molecule has 0 amide bonds. The number of esters is 1. The lowest BCUT2D eigenvalue weighted by molar-refractivity contribution is -0.143. The summed E-state index contributed by atoms with van der Waals surface area (Å²) in [5.74, 6) is -0.273. The number of rotatable bonds is 4. The molecule has 0 radical (unpaired) electrons. The smallest absolute Gasteiger partial charge is 0.307 e. The van der Waals surface area contributed by atoms with E-state index in [1.807, 2.05) is 5.38 Å². The normalized spacial score (nSPS) is 13.5. The second-order valence-electron chi connectivity index (χ2n) is 4.94. The molecule has 1 aromatic rings. The molecular formula is C12H20N2O2S. The Balaban J connectivity index is 2.67. The van der Waals surface area contributed by atoms with E-state index in [-0.39, 0.29) is 23.8 Å². The summed E-state index contributed by atoms with van der Waals surface area (Å²) in [6, 6.07) is -0.374. The SMILES string of the molecule is CCOC(=O)C[C@H](N)c1csc(C(C)(C)C)n1. The first kappa shape index (κ1) is 14.1. The predicted molar refractivity (Wildman–Crippen MR) is 69.0 cm³/mol. The van der Waals surface area contributed by atoms with Gasteiger partial charge in [-0.05, 0) is 6.92 Å². The molecule has 0 aliphatic carbocycles. The van der Waals surface area contributed by atoms with E-state index in [0.29, 0.717) is 6.61 Å². The van der Waals surface area contributed by atoms with Crippen LogP contribution >= 0.6 is 11.3 Å². The molecule has 5 heteroatoms. The third-order valence-corrected chi connectivity index (χ3v) is 3.52. The van der Waals surface area contributed by atoms with Crippen molar-refractivity contribution in [1.82, 2.24) is 4.98 Å². The number of nitrogens with two attached hydrogens (primary N) is 1. The van der Waals surface area contributed by atoms with Crippen molar-refractivity contribution in [3.8, 4) is 0 Å². The molecule has 0 saturated carbocycles. The molecule has 17 heavy (non-hydrogen) atoms. The maximum atomic E-state index is 11.3. The highest BCUT2D eigenvalue weighted by molar-refractivity contribution is 7.09. The van der Waals surface area contributed by atoms with Crippen molar-refractivity contribution < 1.29 is 9.53 Å². The zero-order valence-electron chi connectivity index (χ0n) is 10.8. The highest BCUT2D eigenvalue weighted by atomic mass is 32.1. The molecule has 1 rings (SSSR count). The quantitative estimate of drug-likeness (QED) is 0.840. The van der Waals surface area contributed by atoms with Gasteiger partial charge < -0.3 is 10.5 Å². The van der Waals surface area contributed by atoms with Crippen LogP contribution in [0.3, 0.4) is 0 Å². The number of carbonyl (C=O) groups excluding carboxylic acids is 1. The van der Waals surface area contributed by atoms with Crippen LogP contribution in [0.15, 0.2) is 5.38 Å². The van der Waals surface area contributed by atoms with E-state index in [0.717, 1.165) is 10.7 Å². The molecular weight excluding hydrogens is 236 g/mol. The van der Waals surface area contributed by atoms with Crippen LogP contribution in [0.1, 0.15) is 50.9 Å². The molecule has 0 saturated heterocycles. The van der Waals surface area contributed by atoms with Crippen LogP contribution in [0.25, 0.3) is 0 Å². The number of ether oxygens (including phenoxy) is 1. The summed E-state index contributed by atoms with van der Waals surface area (Å²) in [4.78, 5) is 15.8. The largest absolute Gasteiger partial charge is 0.466 e. The maximum Gasteiger partial charge on any atom is 0.307 e. The van der Waals surface area contributed by atoms with E-state index in [2.05, 4.69) is 25.8 Å². The van der Waals surface area contributed by atoms with E-state index >= 15 is 0 Å². The minimum atomic E-state index is -0.374. The molecule has 0 spiro atoms. The average molecular weight is 256 g/mol. The summed E-state index contributed by atoms with van der Waals surface area (Å²) >= 11 is 1.58. The molecule has 0 aromatic carbocycles. The molecule has 96 valence electrons. The molecule has 0 unspecified atom stereocenters. The Kier molecular flexibility index (Phi) is 4.65. The van der Waals surface area contributed by atoms with Crippen molar-refractivity contribution in [1.29, 1.82) is 0 Å². The van der Waals surface area contributed by atoms with Crippen LogP contribution in [0.2, 0.25) is 0 Å². The molecule has 0 bridgehead atoms. The number of carbonyl (C=O) groups is 1. The second-order valence-corrected chi connectivity index (χ2v) is 5.80. The predicted octanol–water partition coefficient (Wildman–Crippen LogP) is 2.39. The molecule has 1 heterocycles. The number of hydrogen-bond donors (Lipinski definition) is 1. The molecule has 0 fully saturated rings. The Hall–Kier alpha value is -0.940. The number of thiazole rings is 1. The van der Waals surface area contributed by atoms with Crippen molar-refractivity contribution in [2.45, 2.75) is 45.6 Å². The van der Waals surface area contributed by atoms with Gasteiger partial charge in [-0.15, -0.1) is 11.3 Å². The highest BCUT2D eigenvalue weighted by Crippen LogP contribution is 2.27. The summed E-state index contributed by atoms with van der Waals surface area (Å²) in [5, 5.41) is 2.96. The van der Waals surface area contributed by atoms with Crippen molar-refractivity contribution >= 4 is 17.3 Å². The maximum absolute atomic E-state index is 11.3. The first-order valence-electron chi connectivity index (χ1n) is 5.71. The van der Waals surface area contributed by atoms with E-state index in [1.165, 1.54) is 0 Å². The summed E-state index contributed by atoms with van der Waals surface area (Å²) in [5.41, 5.74) is 6.72. The fourth-order valence-electron chi connectivity index (χ4n) is 1.30. The van der Waals surface area contributed by atoms with Gasteiger partial charge >= 0.3 is 5.97 Å². The van der Waals surface area contributed by atoms with Gasteiger partial charge in [0, 0.05) is 10.8 Å². The van der Waals surface area contributed by atoms with E-state index in [4.69, 9.17) is 10.5 Å². The number of hydrogen-bond acceptors (Lipinski definition) is 5. The lowest BCUT2D eigenvalue weighted by Gasteiger charge is -2.14. The summed E-state index contributed by atoms with van der Waals surface area (Å²) < 4.78 is 4.86. The molecule has 0 aliphatic rings. The molecule has 0 aliphatic heterocycles. The third-order valence-electron chi connectivity index (χ3n) is 2.24. The van der Waals surface area contributed by atoms with Crippen molar-refractivity contribution in [3.05, 3.63) is 16.1 Å². The second kappa shape index (κ2) is 5.60. The minimum absolute atomic E-state index is 0.0204. The standard InChI is InChI=1S/C12H20N2O2S/c1-5-16-10(15)6-8(13)9-7-17-11(14-9)12(2,3)4/h7-8H,5-6,13H2,1-4H3/t8-/m0/s1. The number of aromatic nitrogens is 1. The Bertz CT molecular complexity index is 382. The summed E-state index contributed by atoms with van der Waals surface area (Å²) in [6.07, 6.45) is 0.182. The average Bonchev–Trinajstić information content (AvgIpc) is 2.65. The van der Waals surface area contributed by atoms with Gasteiger partial charge in [-0.1, -0.05) is 20.8 Å². The van der Waals surface area contributed by atoms with Gasteiger partial charge in [-0.2, -0.15) is 0 Å². The van der Waals surface area contributed by atoms with Crippen molar-refractivity contribution in [2.75, 3.05) is 6.61 Å². The van der Waals surface area contributed by atoms with E-state index in [1.54, 1.807) is 18.3 Å². The summed E-state index contributed by atoms with van der Waals surface area (Å²) in [7, 11) is 0. The Labute approximate surface area is 106 Å². The number of nitrogens with zero attached hydrogens (tertiary/aromatic N) is 1. The Morgan fingerprint density at radius 1 is 1.59 bits per heavy atom. The van der Waals surface area contributed by atoms with Gasteiger partial charge in [0.2, 0.25) is 0 Å². The molecule has 1 aromatic heterocycles. The monoisotopic (exact) mass is 256 g/mol. The minimum Gasteiger partial charge on any atom is -0.466 e. The lowest BCUT2D eigenvalue weighted by atomic mass is 9.98. The fourth-order valence-corrected chi connectivity index (χ4v) is 2.28. The van der Waals surface area contributed by atoms with Crippen LogP contribution in [0, 0.1) is 0 Å². The highest BCUT2D eigenvalue weighted by Gasteiger charge is 2.21. The van der Waals surface area contributed by atoms with Gasteiger partial charge in [0.05, 0.1) is 29.8 Å².